The number of nitrogens with one attached hydrogen (secondary N) is 1. The third kappa shape index (κ3) is 3.20. The Balaban J connectivity index is 1.67. The summed E-state index contributed by atoms with van der Waals surface area (Å²) >= 11 is 0. The second kappa shape index (κ2) is 7.00. The first kappa shape index (κ1) is 18.0. The van der Waals surface area contributed by atoms with E-state index in [1.54, 1.807) is 6.08 Å². The highest BCUT2D eigenvalue weighted by Gasteiger charge is 2.33. The molecule has 1 N–H and O–H groups in total. The van der Waals surface area contributed by atoms with Gasteiger partial charge in [-0.25, -0.2) is 4.79 Å². The van der Waals surface area contributed by atoms with Crippen molar-refractivity contribution in [1.29, 1.82) is 0 Å². The summed E-state index contributed by atoms with van der Waals surface area (Å²) < 4.78 is 2.17. The minimum Gasteiger partial charge on any atom is -0.344 e. The number of benzene rings is 2. The molecule has 4 rings (SSSR count). The smallest absolute Gasteiger partial charge is 0.329 e. The molecular formula is C23H23N3O2. The van der Waals surface area contributed by atoms with Crippen LogP contribution < -0.4 is 5.32 Å². The molecule has 1 saturated heterocycles. The number of fused-ring (bicyclic) bond motifs is 1. The van der Waals surface area contributed by atoms with Gasteiger partial charge in [-0.15, -0.1) is 0 Å². The van der Waals surface area contributed by atoms with E-state index in [2.05, 4.69) is 29.8 Å². The number of para-hydroxylation sites is 1. The number of amides is 3. The van der Waals surface area contributed by atoms with E-state index in [0.29, 0.717) is 11.7 Å². The van der Waals surface area contributed by atoms with Gasteiger partial charge >= 0.3 is 6.03 Å². The molecule has 0 unspecified atom stereocenters. The van der Waals surface area contributed by atoms with Crippen LogP contribution in [0, 0.1) is 6.92 Å². The standard InChI is InChI=1S/C23H23N3O2/c1-15(2)25-14-18(19-9-4-5-10-21(19)25)12-20-22(27)26(23(28)24-20)13-17-8-6-7-16(3)11-17/h4-12,14-15H,13H2,1-3H3,(H,24,28)/b20-12-. The molecule has 1 aromatic heterocycles. The zero-order valence-electron chi connectivity index (χ0n) is 16.3. The molecule has 1 aliphatic rings. The Hall–Kier alpha value is -3.34. The van der Waals surface area contributed by atoms with Gasteiger partial charge in [0.15, 0.2) is 0 Å². The van der Waals surface area contributed by atoms with Crippen molar-refractivity contribution in [2.24, 2.45) is 0 Å². The Labute approximate surface area is 164 Å². The van der Waals surface area contributed by atoms with Crippen LogP contribution in [-0.2, 0) is 11.3 Å². The van der Waals surface area contributed by atoms with Crippen LogP contribution >= 0.6 is 0 Å². The Morgan fingerprint density at radius 3 is 2.61 bits per heavy atom. The van der Waals surface area contributed by atoms with Gasteiger partial charge in [-0.3, -0.25) is 9.69 Å². The monoisotopic (exact) mass is 373 g/mol. The molecule has 2 aromatic carbocycles. The van der Waals surface area contributed by atoms with E-state index >= 15 is 0 Å². The number of aromatic nitrogens is 1. The summed E-state index contributed by atoms with van der Waals surface area (Å²) in [7, 11) is 0. The van der Waals surface area contributed by atoms with Gasteiger partial charge in [-0.1, -0.05) is 48.0 Å². The van der Waals surface area contributed by atoms with Crippen LogP contribution in [0.5, 0.6) is 0 Å². The average molecular weight is 373 g/mol. The number of imide groups is 1. The third-order valence-electron chi connectivity index (χ3n) is 5.01. The summed E-state index contributed by atoms with van der Waals surface area (Å²) in [5.74, 6) is -0.298. The molecule has 0 saturated carbocycles. The number of hydrogen-bond donors (Lipinski definition) is 1. The van der Waals surface area contributed by atoms with Gasteiger partial charge in [-0.05, 0) is 38.5 Å². The topological polar surface area (TPSA) is 54.3 Å². The van der Waals surface area contributed by atoms with Crippen LogP contribution in [0.15, 0.2) is 60.4 Å². The first-order valence-electron chi connectivity index (χ1n) is 9.43. The quantitative estimate of drug-likeness (QED) is 0.536. The van der Waals surface area contributed by atoms with E-state index in [1.165, 1.54) is 4.90 Å². The Bertz CT molecular complexity index is 1110. The fraction of sp³-hybridized carbons (Fsp3) is 0.217. The van der Waals surface area contributed by atoms with Gasteiger partial charge in [0, 0.05) is 28.7 Å². The lowest BCUT2D eigenvalue weighted by Gasteiger charge is -2.12. The molecule has 1 aliphatic heterocycles. The molecule has 0 bridgehead atoms. The van der Waals surface area contributed by atoms with Crippen molar-refractivity contribution < 1.29 is 9.59 Å². The molecule has 0 atom stereocenters. The maximum atomic E-state index is 12.9. The number of nitrogens with zero attached hydrogens (tertiary/aromatic N) is 2. The van der Waals surface area contributed by atoms with Gasteiger partial charge in [-0.2, -0.15) is 0 Å². The summed E-state index contributed by atoms with van der Waals surface area (Å²) in [5.41, 5.74) is 4.37. The highest BCUT2D eigenvalue weighted by Crippen LogP contribution is 2.27. The van der Waals surface area contributed by atoms with E-state index in [1.807, 2.05) is 55.6 Å². The van der Waals surface area contributed by atoms with Crippen molar-refractivity contribution in [3.8, 4) is 0 Å². The molecule has 142 valence electrons. The Kier molecular flexibility index (Phi) is 4.51. The predicted octanol–water partition coefficient (Wildman–Crippen LogP) is 4.62. The lowest BCUT2D eigenvalue weighted by atomic mass is 10.1. The van der Waals surface area contributed by atoms with Gasteiger partial charge < -0.3 is 9.88 Å². The van der Waals surface area contributed by atoms with Gasteiger partial charge in [0.1, 0.15) is 5.70 Å². The molecule has 2 heterocycles. The molecule has 1 fully saturated rings. The van der Waals surface area contributed by atoms with Crippen LogP contribution in [0.3, 0.4) is 0 Å². The number of aryl methyl sites for hydroxylation is 1. The first-order valence-corrected chi connectivity index (χ1v) is 9.43. The third-order valence-corrected chi connectivity index (χ3v) is 5.01. The van der Waals surface area contributed by atoms with E-state index in [-0.39, 0.29) is 18.5 Å². The second-order valence-corrected chi connectivity index (χ2v) is 7.47. The molecule has 3 amide bonds. The summed E-state index contributed by atoms with van der Waals surface area (Å²) in [6.07, 6.45) is 3.81. The first-order chi connectivity index (χ1) is 13.4. The summed E-state index contributed by atoms with van der Waals surface area (Å²) in [6, 6.07) is 15.8. The lowest BCUT2D eigenvalue weighted by Crippen LogP contribution is -2.30. The maximum absolute atomic E-state index is 12.9. The fourth-order valence-corrected chi connectivity index (χ4v) is 3.64. The maximum Gasteiger partial charge on any atom is 0.329 e. The van der Waals surface area contributed by atoms with Crippen molar-refractivity contribution >= 4 is 28.9 Å². The lowest BCUT2D eigenvalue weighted by molar-refractivity contribution is -0.123. The average Bonchev–Trinajstić information content (AvgIpc) is 3.15. The summed E-state index contributed by atoms with van der Waals surface area (Å²) in [4.78, 5) is 26.5. The van der Waals surface area contributed by atoms with Gasteiger partial charge in [0.25, 0.3) is 5.91 Å². The van der Waals surface area contributed by atoms with Crippen LogP contribution in [0.4, 0.5) is 4.79 Å². The zero-order chi connectivity index (χ0) is 19.8. The van der Waals surface area contributed by atoms with Crippen molar-refractivity contribution in [3.63, 3.8) is 0 Å². The SMILES string of the molecule is Cc1cccc(CN2C(=O)N/C(=C\c3cn(C(C)C)c4ccccc34)C2=O)c1. The predicted molar refractivity (Wildman–Crippen MR) is 111 cm³/mol. The number of carbonyl (C=O) groups excluding carboxylic acids is 2. The summed E-state index contributed by atoms with van der Waals surface area (Å²) in [5, 5.41) is 3.79. The van der Waals surface area contributed by atoms with Crippen molar-refractivity contribution in [1.82, 2.24) is 14.8 Å². The highest BCUT2D eigenvalue weighted by atomic mass is 16.2. The van der Waals surface area contributed by atoms with Crippen molar-refractivity contribution in [2.75, 3.05) is 0 Å². The largest absolute Gasteiger partial charge is 0.344 e. The molecule has 3 aromatic rings. The van der Waals surface area contributed by atoms with E-state index in [4.69, 9.17) is 0 Å². The van der Waals surface area contributed by atoms with Crippen molar-refractivity contribution in [2.45, 2.75) is 33.4 Å². The van der Waals surface area contributed by atoms with Gasteiger partial charge in [0.05, 0.1) is 6.54 Å². The van der Waals surface area contributed by atoms with E-state index < -0.39 is 0 Å². The minimum absolute atomic E-state index is 0.261. The molecule has 0 spiro atoms. The molecule has 5 heteroatoms. The van der Waals surface area contributed by atoms with E-state index in [9.17, 15) is 9.59 Å². The minimum atomic E-state index is -0.384. The fourth-order valence-electron chi connectivity index (χ4n) is 3.64. The highest BCUT2D eigenvalue weighted by molar-refractivity contribution is 6.14. The number of carbonyl (C=O) groups is 2. The Morgan fingerprint density at radius 2 is 1.86 bits per heavy atom. The van der Waals surface area contributed by atoms with Crippen LogP contribution in [0.1, 0.15) is 36.6 Å². The Morgan fingerprint density at radius 1 is 1.07 bits per heavy atom. The molecule has 0 radical (unpaired) electrons. The van der Waals surface area contributed by atoms with Crippen molar-refractivity contribution in [3.05, 3.63) is 77.1 Å². The number of hydrogen-bond acceptors (Lipinski definition) is 2. The van der Waals surface area contributed by atoms with E-state index in [0.717, 1.165) is 27.6 Å². The van der Waals surface area contributed by atoms with Crippen LogP contribution in [0.2, 0.25) is 0 Å². The molecule has 5 nitrogen and oxygen atoms in total. The molecular weight excluding hydrogens is 350 g/mol. The molecule has 28 heavy (non-hydrogen) atoms. The van der Waals surface area contributed by atoms with Gasteiger partial charge in [0.2, 0.25) is 0 Å². The normalized spacial score (nSPS) is 15.9. The zero-order valence-corrected chi connectivity index (χ0v) is 16.3. The second-order valence-electron chi connectivity index (χ2n) is 7.47. The number of rotatable bonds is 4. The summed E-state index contributed by atoms with van der Waals surface area (Å²) in [6.45, 7) is 6.49. The van der Waals surface area contributed by atoms with Crippen LogP contribution in [0.25, 0.3) is 17.0 Å². The molecule has 0 aliphatic carbocycles. The van der Waals surface area contributed by atoms with Crippen LogP contribution in [-0.4, -0.2) is 21.4 Å². The number of urea groups is 1.